The number of benzene rings is 2. The molecule has 0 amide bonds. The van der Waals surface area contributed by atoms with Gasteiger partial charge in [0.2, 0.25) is 5.78 Å². The number of phenolic OH excluding ortho intramolecular Hbond substituents is 2. The predicted octanol–water partition coefficient (Wildman–Crippen LogP) is 1.51. The van der Waals surface area contributed by atoms with Crippen molar-refractivity contribution in [2.45, 2.75) is 6.92 Å². The first-order valence-electron chi connectivity index (χ1n) is 6.84. The summed E-state index contributed by atoms with van der Waals surface area (Å²) in [5.41, 5.74) is -0.563. The summed E-state index contributed by atoms with van der Waals surface area (Å²) in [5.74, 6) is -3.44. The average molecular weight is 331 g/mol. The first-order chi connectivity index (χ1) is 11.3. The Kier molecular flexibility index (Phi) is 4.64. The molecular weight excluding hydrogens is 316 g/mol. The lowest BCUT2D eigenvalue weighted by Crippen LogP contribution is -2.15. The molecule has 2 aromatic carbocycles. The highest BCUT2D eigenvalue weighted by Crippen LogP contribution is 2.35. The van der Waals surface area contributed by atoms with E-state index in [9.17, 15) is 24.9 Å². The van der Waals surface area contributed by atoms with Crippen LogP contribution < -0.4 is 9.84 Å². The van der Waals surface area contributed by atoms with Crippen LogP contribution in [0.1, 0.15) is 31.8 Å². The Hall–Kier alpha value is -3.22. The third-order valence-electron chi connectivity index (χ3n) is 3.39. The molecule has 7 heteroatoms. The summed E-state index contributed by atoms with van der Waals surface area (Å²) in [5, 5.41) is 31.8. The SMILES string of the molecule is COC(=O)c1cc(O)cc(OC)c1C(=O)c1c([O-])cc(C)cc1O. The van der Waals surface area contributed by atoms with Gasteiger partial charge in [0.05, 0.1) is 30.9 Å². The minimum absolute atomic E-state index is 0.125. The quantitative estimate of drug-likeness (QED) is 0.644. The van der Waals surface area contributed by atoms with Gasteiger partial charge in [-0.05, 0) is 24.6 Å². The van der Waals surface area contributed by atoms with Crippen LogP contribution in [0.4, 0.5) is 0 Å². The highest BCUT2D eigenvalue weighted by Gasteiger charge is 2.27. The zero-order valence-electron chi connectivity index (χ0n) is 13.2. The van der Waals surface area contributed by atoms with Crippen molar-refractivity contribution in [3.63, 3.8) is 0 Å². The van der Waals surface area contributed by atoms with Crippen LogP contribution in [0.3, 0.4) is 0 Å². The molecule has 0 bridgehead atoms. The molecule has 2 rings (SSSR count). The third-order valence-corrected chi connectivity index (χ3v) is 3.39. The molecule has 0 unspecified atom stereocenters. The second-order valence-electron chi connectivity index (χ2n) is 5.05. The van der Waals surface area contributed by atoms with Gasteiger partial charge in [0.15, 0.2) is 0 Å². The smallest absolute Gasteiger partial charge is 0.338 e. The fourth-order valence-corrected chi connectivity index (χ4v) is 2.35. The molecule has 0 aliphatic heterocycles. The number of phenols is 2. The van der Waals surface area contributed by atoms with Crippen molar-refractivity contribution < 1.29 is 34.4 Å². The topological polar surface area (TPSA) is 116 Å². The number of rotatable bonds is 4. The van der Waals surface area contributed by atoms with Crippen LogP contribution in [0.25, 0.3) is 0 Å². The normalized spacial score (nSPS) is 10.3. The first kappa shape index (κ1) is 17.1. The van der Waals surface area contributed by atoms with Gasteiger partial charge in [-0.3, -0.25) is 4.79 Å². The van der Waals surface area contributed by atoms with Gasteiger partial charge in [-0.2, -0.15) is 0 Å². The van der Waals surface area contributed by atoms with E-state index in [0.717, 1.165) is 19.2 Å². The molecule has 0 atom stereocenters. The van der Waals surface area contributed by atoms with E-state index < -0.39 is 28.8 Å². The Morgan fingerprint density at radius 2 is 1.71 bits per heavy atom. The summed E-state index contributed by atoms with van der Waals surface area (Å²) < 4.78 is 9.63. The summed E-state index contributed by atoms with van der Waals surface area (Å²) >= 11 is 0. The number of carbonyl (C=O) groups excluding carboxylic acids is 2. The Labute approximate surface area is 137 Å². The summed E-state index contributed by atoms with van der Waals surface area (Å²) in [6, 6.07) is 4.60. The number of hydrogen-bond acceptors (Lipinski definition) is 7. The number of aryl methyl sites for hydroxylation is 1. The van der Waals surface area contributed by atoms with Crippen molar-refractivity contribution in [2.75, 3.05) is 14.2 Å². The van der Waals surface area contributed by atoms with Crippen molar-refractivity contribution in [3.8, 4) is 23.0 Å². The van der Waals surface area contributed by atoms with Gasteiger partial charge in [0, 0.05) is 6.07 Å². The lowest BCUT2D eigenvalue weighted by atomic mass is 9.95. The minimum Gasteiger partial charge on any atom is -0.872 e. The first-order valence-corrected chi connectivity index (χ1v) is 6.84. The lowest BCUT2D eigenvalue weighted by Gasteiger charge is -2.18. The molecule has 0 radical (unpaired) electrons. The van der Waals surface area contributed by atoms with Crippen molar-refractivity contribution in [3.05, 3.63) is 46.5 Å². The molecule has 0 aliphatic carbocycles. The fraction of sp³-hybridized carbons (Fsp3) is 0.176. The molecule has 24 heavy (non-hydrogen) atoms. The predicted molar refractivity (Wildman–Crippen MR) is 81.7 cm³/mol. The molecular formula is C17H15O7-. The maximum absolute atomic E-state index is 12.8. The van der Waals surface area contributed by atoms with Gasteiger partial charge in [-0.15, -0.1) is 0 Å². The van der Waals surface area contributed by atoms with Gasteiger partial charge < -0.3 is 24.8 Å². The van der Waals surface area contributed by atoms with Crippen LogP contribution in [0.15, 0.2) is 24.3 Å². The molecule has 2 N–H and O–H groups in total. The molecule has 0 spiro atoms. The number of esters is 1. The second kappa shape index (κ2) is 6.49. The standard InChI is InChI=1S/C17H16O7/c1-8-4-11(19)15(12(20)5-8)16(21)14-10(17(22)24-3)6-9(18)7-13(14)23-2/h4-7,18-20H,1-3H3/p-1. The second-order valence-corrected chi connectivity index (χ2v) is 5.05. The van der Waals surface area contributed by atoms with Crippen molar-refractivity contribution in [1.29, 1.82) is 0 Å². The summed E-state index contributed by atoms with van der Waals surface area (Å²) in [7, 11) is 2.34. The maximum Gasteiger partial charge on any atom is 0.338 e. The van der Waals surface area contributed by atoms with Gasteiger partial charge >= 0.3 is 5.97 Å². The molecule has 0 heterocycles. The van der Waals surface area contributed by atoms with Gasteiger partial charge in [-0.25, -0.2) is 4.79 Å². The average Bonchev–Trinajstić information content (AvgIpc) is 2.51. The van der Waals surface area contributed by atoms with E-state index >= 15 is 0 Å². The Bertz CT molecular complexity index is 801. The van der Waals surface area contributed by atoms with Crippen LogP contribution in [-0.4, -0.2) is 36.2 Å². The maximum atomic E-state index is 12.8. The Morgan fingerprint density at radius 1 is 1.04 bits per heavy atom. The zero-order valence-corrected chi connectivity index (χ0v) is 13.2. The highest BCUT2D eigenvalue weighted by molar-refractivity contribution is 6.18. The number of ether oxygens (including phenoxy) is 2. The Morgan fingerprint density at radius 3 is 2.25 bits per heavy atom. The molecule has 7 nitrogen and oxygen atoms in total. The van der Waals surface area contributed by atoms with Crippen LogP contribution in [-0.2, 0) is 4.74 Å². The third kappa shape index (κ3) is 2.96. The highest BCUT2D eigenvalue weighted by atomic mass is 16.5. The van der Waals surface area contributed by atoms with E-state index in [-0.39, 0.29) is 22.6 Å². The number of aromatic hydroxyl groups is 2. The van der Waals surface area contributed by atoms with Crippen LogP contribution in [0.2, 0.25) is 0 Å². The molecule has 0 aromatic heterocycles. The molecule has 126 valence electrons. The van der Waals surface area contributed by atoms with Gasteiger partial charge in [-0.1, -0.05) is 11.8 Å². The molecule has 0 fully saturated rings. The van der Waals surface area contributed by atoms with Crippen molar-refractivity contribution in [1.82, 2.24) is 0 Å². The summed E-state index contributed by atoms with van der Waals surface area (Å²) in [4.78, 5) is 24.7. The summed E-state index contributed by atoms with van der Waals surface area (Å²) in [6.45, 7) is 1.59. The largest absolute Gasteiger partial charge is 0.872 e. The van der Waals surface area contributed by atoms with Crippen LogP contribution in [0, 0.1) is 6.92 Å². The molecule has 2 aromatic rings. The van der Waals surface area contributed by atoms with Crippen molar-refractivity contribution >= 4 is 11.8 Å². The zero-order chi connectivity index (χ0) is 18.0. The van der Waals surface area contributed by atoms with Crippen LogP contribution >= 0.6 is 0 Å². The van der Waals surface area contributed by atoms with E-state index in [0.29, 0.717) is 5.56 Å². The minimum atomic E-state index is -0.908. The van der Waals surface area contributed by atoms with Crippen LogP contribution in [0.5, 0.6) is 23.0 Å². The van der Waals surface area contributed by atoms with Gasteiger partial charge in [0.1, 0.15) is 17.2 Å². The molecule has 0 saturated carbocycles. The number of ketones is 1. The van der Waals surface area contributed by atoms with E-state index in [1.165, 1.54) is 19.2 Å². The lowest BCUT2D eigenvalue weighted by molar-refractivity contribution is -0.268. The van der Waals surface area contributed by atoms with E-state index in [1.54, 1.807) is 6.92 Å². The van der Waals surface area contributed by atoms with E-state index in [2.05, 4.69) is 4.74 Å². The number of methoxy groups -OCH3 is 2. The molecule has 0 aliphatic rings. The summed E-state index contributed by atoms with van der Waals surface area (Å²) in [6.07, 6.45) is 0. The number of carbonyl (C=O) groups is 2. The monoisotopic (exact) mass is 331 g/mol. The van der Waals surface area contributed by atoms with E-state index in [4.69, 9.17) is 4.74 Å². The Balaban J connectivity index is 2.76. The molecule has 0 saturated heterocycles. The van der Waals surface area contributed by atoms with Gasteiger partial charge in [0.25, 0.3) is 0 Å². The van der Waals surface area contributed by atoms with E-state index in [1.807, 2.05) is 0 Å². The fourth-order valence-electron chi connectivity index (χ4n) is 2.35. The number of hydrogen-bond donors (Lipinski definition) is 2. The van der Waals surface area contributed by atoms with Crippen molar-refractivity contribution in [2.24, 2.45) is 0 Å².